The fraction of sp³-hybridized carbons (Fsp3) is 0.364. The molecule has 0 aliphatic rings. The summed E-state index contributed by atoms with van der Waals surface area (Å²) >= 11 is 0. The van der Waals surface area contributed by atoms with Gasteiger partial charge in [0.2, 0.25) is 5.88 Å². The third kappa shape index (κ3) is 11.8. The first-order valence-corrected chi connectivity index (χ1v) is 18.9. The van der Waals surface area contributed by atoms with Crippen LogP contribution in [0.15, 0.2) is 79.0 Å². The second-order valence-electron chi connectivity index (χ2n) is 14.5. The van der Waals surface area contributed by atoms with Gasteiger partial charge < -0.3 is 48.7 Å². The number of ether oxygens (including phenoxy) is 7. The summed E-state index contributed by atoms with van der Waals surface area (Å²) in [5.41, 5.74) is 2.73. The van der Waals surface area contributed by atoms with E-state index >= 15 is 0 Å². The van der Waals surface area contributed by atoms with E-state index in [2.05, 4.69) is 15.6 Å². The summed E-state index contributed by atoms with van der Waals surface area (Å²) in [5, 5.41) is 7.38. The van der Waals surface area contributed by atoms with Crippen molar-refractivity contribution in [3.8, 4) is 28.9 Å². The van der Waals surface area contributed by atoms with Gasteiger partial charge in [0.25, 0.3) is 5.91 Å². The number of nitrogens with one attached hydrogen (secondary N) is 2. The van der Waals surface area contributed by atoms with E-state index in [0.29, 0.717) is 92.0 Å². The monoisotopic (exact) mass is 795 g/mol. The summed E-state index contributed by atoms with van der Waals surface area (Å²) in [4.78, 5) is 37.4. The summed E-state index contributed by atoms with van der Waals surface area (Å²) in [6.45, 7) is 8.91. The van der Waals surface area contributed by atoms with Crippen molar-refractivity contribution >= 4 is 34.1 Å². The molecule has 3 amide bonds. The SMILES string of the molecule is COCCOCCOCCOc1cc(Cc2nccc(Oc3ccc(NC(=O)Nc4cc(C(C)(C)C)cc(C(=O)N(C)C)c4OC)c4ccccc34)n2)cc(OC)c1. The standard InChI is InChI=1S/C44H53N5O9/c1-44(2,3)30-26-35(42(50)49(4)5)41(54-8)37(27-30)47-43(51)46-36-13-14-38(34-12-10-9-11-33(34)36)58-40-15-16-45-39(48-40)25-29-23-31(53-7)28-32(24-29)57-22-21-56-20-19-55-18-17-52-6/h9-16,23-24,26-28H,17-22,25H2,1-8H3,(H2,46,47,51). The van der Waals surface area contributed by atoms with E-state index < -0.39 is 6.03 Å². The number of hydrogen-bond acceptors (Lipinski definition) is 11. The topological polar surface area (TPSA) is 152 Å². The van der Waals surface area contributed by atoms with Gasteiger partial charge in [-0.05, 0) is 52.9 Å². The second-order valence-corrected chi connectivity index (χ2v) is 14.5. The summed E-state index contributed by atoms with van der Waals surface area (Å²) in [5.74, 6) is 2.74. The zero-order valence-corrected chi connectivity index (χ0v) is 34.5. The first-order chi connectivity index (χ1) is 27.9. The molecule has 1 aromatic heterocycles. The Bertz CT molecular complexity index is 2170. The minimum atomic E-state index is -0.508. The quantitative estimate of drug-likeness (QED) is 0.0790. The number of carbonyl (C=O) groups excluding carboxylic acids is 2. The first kappa shape index (κ1) is 43.2. The van der Waals surface area contributed by atoms with Crippen LogP contribution in [-0.4, -0.2) is 102 Å². The van der Waals surface area contributed by atoms with Gasteiger partial charge in [-0.25, -0.2) is 9.78 Å². The van der Waals surface area contributed by atoms with E-state index in [4.69, 9.17) is 38.1 Å². The lowest BCUT2D eigenvalue weighted by molar-refractivity contribution is 0.0179. The van der Waals surface area contributed by atoms with E-state index in [-0.39, 0.29) is 17.1 Å². The Hall–Kier alpha value is -5.96. The van der Waals surface area contributed by atoms with E-state index in [9.17, 15) is 9.59 Å². The lowest BCUT2D eigenvalue weighted by Gasteiger charge is -2.24. The van der Waals surface area contributed by atoms with Crippen molar-refractivity contribution in [2.24, 2.45) is 0 Å². The predicted octanol–water partition coefficient (Wildman–Crippen LogP) is 7.73. The molecule has 0 saturated heterocycles. The molecule has 0 unspecified atom stereocenters. The van der Waals surface area contributed by atoms with Gasteiger partial charge in [0.1, 0.15) is 29.7 Å². The molecule has 308 valence electrons. The average molecular weight is 796 g/mol. The maximum absolute atomic E-state index is 13.6. The van der Waals surface area contributed by atoms with Crippen molar-refractivity contribution in [2.45, 2.75) is 32.6 Å². The number of nitrogens with zero attached hydrogens (tertiary/aromatic N) is 3. The molecular formula is C44H53N5O9. The molecule has 0 radical (unpaired) electrons. The van der Waals surface area contributed by atoms with Crippen molar-refractivity contribution in [1.82, 2.24) is 14.9 Å². The minimum absolute atomic E-state index is 0.238. The highest BCUT2D eigenvalue weighted by Crippen LogP contribution is 2.37. The van der Waals surface area contributed by atoms with Crippen LogP contribution in [-0.2, 0) is 26.0 Å². The first-order valence-electron chi connectivity index (χ1n) is 18.9. The Morgan fingerprint density at radius 1 is 0.741 bits per heavy atom. The van der Waals surface area contributed by atoms with Crippen LogP contribution in [0, 0.1) is 0 Å². The van der Waals surface area contributed by atoms with Crippen molar-refractivity contribution < 1.29 is 42.7 Å². The molecule has 0 saturated carbocycles. The summed E-state index contributed by atoms with van der Waals surface area (Å²) in [6, 6.07) is 21.6. The molecule has 0 aliphatic heterocycles. The number of methoxy groups -OCH3 is 3. The van der Waals surface area contributed by atoms with Crippen LogP contribution < -0.4 is 29.6 Å². The predicted molar refractivity (Wildman–Crippen MR) is 223 cm³/mol. The van der Waals surface area contributed by atoms with Crippen LogP contribution >= 0.6 is 0 Å². The van der Waals surface area contributed by atoms with Crippen molar-refractivity contribution in [2.75, 3.05) is 85.7 Å². The van der Waals surface area contributed by atoms with E-state index in [1.165, 1.54) is 12.0 Å². The highest BCUT2D eigenvalue weighted by atomic mass is 16.6. The van der Waals surface area contributed by atoms with Gasteiger partial charge >= 0.3 is 6.03 Å². The fourth-order valence-electron chi connectivity index (χ4n) is 5.95. The zero-order chi connectivity index (χ0) is 41.7. The summed E-state index contributed by atoms with van der Waals surface area (Å²) in [6.07, 6.45) is 2.04. The van der Waals surface area contributed by atoms with Gasteiger partial charge in [-0.3, -0.25) is 4.79 Å². The third-order valence-electron chi connectivity index (χ3n) is 8.91. The van der Waals surface area contributed by atoms with E-state index in [0.717, 1.165) is 21.9 Å². The highest BCUT2D eigenvalue weighted by Gasteiger charge is 2.25. The van der Waals surface area contributed by atoms with Gasteiger partial charge in [0.05, 0.1) is 64.2 Å². The number of amides is 3. The lowest BCUT2D eigenvalue weighted by Crippen LogP contribution is -2.25. The number of fused-ring (bicyclic) bond motifs is 1. The van der Waals surface area contributed by atoms with Crippen molar-refractivity contribution in [1.29, 1.82) is 0 Å². The Morgan fingerprint density at radius 2 is 1.43 bits per heavy atom. The largest absolute Gasteiger partial charge is 0.497 e. The number of anilines is 2. The molecule has 4 aromatic carbocycles. The van der Waals surface area contributed by atoms with E-state index in [1.807, 2.05) is 75.4 Å². The molecule has 2 N–H and O–H groups in total. The van der Waals surface area contributed by atoms with Crippen LogP contribution in [0.25, 0.3) is 10.8 Å². The zero-order valence-electron chi connectivity index (χ0n) is 34.5. The van der Waals surface area contributed by atoms with Gasteiger partial charge in [0, 0.05) is 56.7 Å². The number of carbonyl (C=O) groups is 2. The number of rotatable bonds is 19. The van der Waals surface area contributed by atoms with Gasteiger partial charge in [0.15, 0.2) is 5.75 Å². The molecule has 14 heteroatoms. The van der Waals surface area contributed by atoms with Crippen LogP contribution in [0.1, 0.15) is 48.1 Å². The molecule has 0 aliphatic carbocycles. The molecule has 0 bridgehead atoms. The normalized spacial score (nSPS) is 11.2. The highest BCUT2D eigenvalue weighted by molar-refractivity contribution is 6.09. The van der Waals surface area contributed by atoms with Crippen LogP contribution in [0.5, 0.6) is 28.9 Å². The molecule has 0 fully saturated rings. The summed E-state index contributed by atoms with van der Waals surface area (Å²) in [7, 11) is 8.06. The van der Waals surface area contributed by atoms with E-state index in [1.54, 1.807) is 52.7 Å². The number of aromatic nitrogens is 2. The van der Waals surface area contributed by atoms with Gasteiger partial charge in [-0.15, -0.1) is 0 Å². The Kier molecular flexibility index (Phi) is 15.2. The molecule has 0 spiro atoms. The molecule has 1 heterocycles. The van der Waals surface area contributed by atoms with Crippen LogP contribution in [0.2, 0.25) is 0 Å². The van der Waals surface area contributed by atoms with Gasteiger partial charge in [-0.2, -0.15) is 4.98 Å². The smallest absolute Gasteiger partial charge is 0.323 e. The van der Waals surface area contributed by atoms with Crippen LogP contribution in [0.3, 0.4) is 0 Å². The number of benzene rings is 4. The van der Waals surface area contributed by atoms with Gasteiger partial charge in [-0.1, -0.05) is 45.0 Å². The Labute approximate surface area is 339 Å². The number of urea groups is 1. The second kappa shape index (κ2) is 20.5. The van der Waals surface area contributed by atoms with Crippen LogP contribution in [0.4, 0.5) is 16.2 Å². The molecule has 58 heavy (non-hydrogen) atoms. The Balaban J connectivity index is 1.28. The molecule has 5 aromatic rings. The maximum Gasteiger partial charge on any atom is 0.323 e. The number of hydrogen-bond donors (Lipinski definition) is 2. The summed E-state index contributed by atoms with van der Waals surface area (Å²) < 4.78 is 39.4. The molecule has 14 nitrogen and oxygen atoms in total. The minimum Gasteiger partial charge on any atom is -0.497 e. The third-order valence-corrected chi connectivity index (χ3v) is 8.91. The average Bonchev–Trinajstić information content (AvgIpc) is 3.20. The Morgan fingerprint density at radius 3 is 2.12 bits per heavy atom. The molecule has 5 rings (SSSR count). The fourth-order valence-corrected chi connectivity index (χ4v) is 5.95. The molecular weight excluding hydrogens is 743 g/mol. The lowest BCUT2D eigenvalue weighted by atomic mass is 9.85. The maximum atomic E-state index is 13.6. The van der Waals surface area contributed by atoms with Crippen molar-refractivity contribution in [3.05, 3.63) is 102 Å². The van der Waals surface area contributed by atoms with Crippen molar-refractivity contribution in [3.63, 3.8) is 0 Å². The molecule has 0 atom stereocenters.